The zero-order valence-electron chi connectivity index (χ0n) is 14.8. The molecule has 0 atom stereocenters. The van der Waals surface area contributed by atoms with Crippen LogP contribution in [0.3, 0.4) is 0 Å². The molecule has 4 heterocycles. The lowest BCUT2D eigenvalue weighted by molar-refractivity contribution is -0.142. The molecular formula is C18H17F3N6O. The van der Waals surface area contributed by atoms with Gasteiger partial charge in [0.05, 0.1) is 6.54 Å². The second-order valence-electron chi connectivity index (χ2n) is 6.67. The first-order valence-corrected chi connectivity index (χ1v) is 8.86. The van der Waals surface area contributed by atoms with Gasteiger partial charge in [-0.2, -0.15) is 13.2 Å². The van der Waals surface area contributed by atoms with Crippen molar-refractivity contribution in [3.63, 3.8) is 0 Å². The minimum Gasteiger partial charge on any atom is -0.317 e. The summed E-state index contributed by atoms with van der Waals surface area (Å²) < 4.78 is 41.2. The van der Waals surface area contributed by atoms with Crippen LogP contribution in [0.1, 0.15) is 35.6 Å². The van der Waals surface area contributed by atoms with Gasteiger partial charge in [0.2, 0.25) is 0 Å². The van der Waals surface area contributed by atoms with Gasteiger partial charge in [0.1, 0.15) is 11.8 Å². The molecule has 0 amide bonds. The summed E-state index contributed by atoms with van der Waals surface area (Å²) in [5, 5.41) is 3.24. The van der Waals surface area contributed by atoms with E-state index in [4.69, 9.17) is 0 Å². The van der Waals surface area contributed by atoms with Crippen LogP contribution >= 0.6 is 0 Å². The first-order valence-electron chi connectivity index (χ1n) is 8.86. The molecule has 1 N–H and O–H groups in total. The van der Waals surface area contributed by atoms with Crippen LogP contribution in [-0.4, -0.2) is 37.6 Å². The van der Waals surface area contributed by atoms with Crippen LogP contribution < -0.4 is 10.9 Å². The number of nitrogens with zero attached hydrogens (tertiary/aromatic N) is 5. The molecule has 0 saturated carbocycles. The molecule has 0 aromatic carbocycles. The summed E-state index contributed by atoms with van der Waals surface area (Å²) in [5.41, 5.74) is -0.329. The molecule has 146 valence electrons. The second kappa shape index (κ2) is 7.27. The number of hydrogen-bond donors (Lipinski definition) is 1. The predicted octanol–water partition coefficient (Wildman–Crippen LogP) is 2.12. The number of fused-ring (bicyclic) bond motifs is 1. The van der Waals surface area contributed by atoms with E-state index in [1.165, 1.54) is 17.0 Å². The number of piperidine rings is 1. The standard InChI is InChI=1S/C18H17F3N6O/c19-18(20,21)15-12(8-23-10-26-15)9-27-16-14(24-5-6-25-16)7-13(17(27)28)11-1-3-22-4-2-11/h5-8,10-11,22H,1-4,9H2. The number of hydrogen-bond acceptors (Lipinski definition) is 6. The molecule has 28 heavy (non-hydrogen) atoms. The Morgan fingerprint density at radius 1 is 1.14 bits per heavy atom. The third kappa shape index (κ3) is 3.47. The lowest BCUT2D eigenvalue weighted by Crippen LogP contribution is -2.33. The smallest absolute Gasteiger partial charge is 0.317 e. The van der Waals surface area contributed by atoms with E-state index in [0.717, 1.165) is 38.5 Å². The molecule has 0 aliphatic carbocycles. The monoisotopic (exact) mass is 390 g/mol. The highest BCUT2D eigenvalue weighted by atomic mass is 19.4. The number of alkyl halides is 3. The molecule has 0 bridgehead atoms. The molecule has 1 saturated heterocycles. The third-order valence-corrected chi connectivity index (χ3v) is 4.91. The summed E-state index contributed by atoms with van der Waals surface area (Å²) in [6.45, 7) is 1.24. The molecular weight excluding hydrogens is 373 g/mol. The van der Waals surface area contributed by atoms with Crippen molar-refractivity contribution in [3.8, 4) is 0 Å². The van der Waals surface area contributed by atoms with Gasteiger partial charge in [-0.05, 0) is 37.9 Å². The molecule has 0 unspecified atom stereocenters. The maximum Gasteiger partial charge on any atom is 0.433 e. The summed E-state index contributed by atoms with van der Waals surface area (Å²) in [6.07, 6.45) is 1.76. The van der Waals surface area contributed by atoms with Gasteiger partial charge in [-0.3, -0.25) is 14.3 Å². The van der Waals surface area contributed by atoms with Crippen LogP contribution in [0.4, 0.5) is 13.2 Å². The van der Waals surface area contributed by atoms with Crippen LogP contribution in [0, 0.1) is 0 Å². The van der Waals surface area contributed by atoms with Crippen molar-refractivity contribution >= 4 is 11.2 Å². The van der Waals surface area contributed by atoms with Gasteiger partial charge < -0.3 is 5.32 Å². The van der Waals surface area contributed by atoms with E-state index >= 15 is 0 Å². The molecule has 1 aliphatic heterocycles. The third-order valence-electron chi connectivity index (χ3n) is 4.91. The predicted molar refractivity (Wildman–Crippen MR) is 94.8 cm³/mol. The van der Waals surface area contributed by atoms with Crippen LogP contribution in [0.5, 0.6) is 0 Å². The highest BCUT2D eigenvalue weighted by Gasteiger charge is 2.35. The summed E-state index contributed by atoms with van der Waals surface area (Å²) >= 11 is 0. The summed E-state index contributed by atoms with van der Waals surface area (Å²) in [5.74, 6) is 0.0283. The molecule has 0 radical (unpaired) electrons. The Hall–Kier alpha value is -2.88. The summed E-state index contributed by atoms with van der Waals surface area (Å²) in [7, 11) is 0. The Morgan fingerprint density at radius 3 is 2.64 bits per heavy atom. The van der Waals surface area contributed by atoms with Crippen molar-refractivity contribution in [1.29, 1.82) is 0 Å². The van der Waals surface area contributed by atoms with E-state index in [1.807, 2.05) is 0 Å². The number of pyridine rings is 1. The Morgan fingerprint density at radius 2 is 1.89 bits per heavy atom. The Kier molecular flexibility index (Phi) is 4.80. The average Bonchev–Trinajstić information content (AvgIpc) is 2.70. The van der Waals surface area contributed by atoms with Gasteiger partial charge in [0.15, 0.2) is 11.3 Å². The van der Waals surface area contributed by atoms with Crippen LogP contribution in [-0.2, 0) is 12.7 Å². The lowest BCUT2D eigenvalue weighted by atomic mass is 9.91. The highest BCUT2D eigenvalue weighted by molar-refractivity contribution is 5.70. The summed E-state index contributed by atoms with van der Waals surface area (Å²) in [6, 6.07) is 1.71. The van der Waals surface area contributed by atoms with Gasteiger partial charge in [-0.1, -0.05) is 0 Å². The molecule has 1 fully saturated rings. The first kappa shape index (κ1) is 18.5. The number of nitrogens with one attached hydrogen (secondary N) is 1. The normalized spacial score (nSPS) is 15.8. The summed E-state index contributed by atoms with van der Waals surface area (Å²) in [4.78, 5) is 28.7. The lowest BCUT2D eigenvalue weighted by Gasteiger charge is -2.23. The van der Waals surface area contributed by atoms with E-state index in [9.17, 15) is 18.0 Å². The molecule has 4 rings (SSSR count). The SMILES string of the molecule is O=c1c(C2CCNCC2)cc2nccnc2n1Cc1cncnc1C(F)(F)F. The quantitative estimate of drug-likeness (QED) is 0.737. The fourth-order valence-electron chi connectivity index (χ4n) is 3.58. The van der Waals surface area contributed by atoms with E-state index in [1.54, 1.807) is 6.07 Å². The largest absolute Gasteiger partial charge is 0.433 e. The van der Waals surface area contributed by atoms with Crippen molar-refractivity contribution < 1.29 is 13.2 Å². The molecule has 10 heteroatoms. The minimum atomic E-state index is -4.64. The van der Waals surface area contributed by atoms with E-state index < -0.39 is 11.9 Å². The maximum absolute atomic E-state index is 13.3. The average molecular weight is 390 g/mol. The Bertz CT molecular complexity index is 1060. The van der Waals surface area contributed by atoms with E-state index in [-0.39, 0.29) is 29.2 Å². The van der Waals surface area contributed by atoms with Gasteiger partial charge in [-0.15, -0.1) is 0 Å². The second-order valence-corrected chi connectivity index (χ2v) is 6.67. The van der Waals surface area contributed by atoms with Crippen LogP contribution in [0.15, 0.2) is 35.8 Å². The maximum atomic E-state index is 13.3. The van der Waals surface area contributed by atoms with Crippen molar-refractivity contribution in [2.45, 2.75) is 31.5 Å². The Balaban J connectivity index is 1.87. The van der Waals surface area contributed by atoms with E-state index in [0.29, 0.717) is 11.1 Å². The fourth-order valence-corrected chi connectivity index (χ4v) is 3.58. The zero-order chi connectivity index (χ0) is 19.7. The van der Waals surface area contributed by atoms with Crippen molar-refractivity contribution in [2.24, 2.45) is 0 Å². The number of halogens is 3. The minimum absolute atomic E-state index is 0.0283. The van der Waals surface area contributed by atoms with Crippen molar-refractivity contribution in [1.82, 2.24) is 29.8 Å². The van der Waals surface area contributed by atoms with E-state index in [2.05, 4.69) is 25.3 Å². The van der Waals surface area contributed by atoms with Crippen LogP contribution in [0.25, 0.3) is 11.2 Å². The van der Waals surface area contributed by atoms with Crippen molar-refractivity contribution in [3.05, 3.63) is 58.2 Å². The van der Waals surface area contributed by atoms with Gasteiger partial charge in [0.25, 0.3) is 5.56 Å². The first-order chi connectivity index (χ1) is 13.4. The zero-order valence-corrected chi connectivity index (χ0v) is 14.8. The van der Waals surface area contributed by atoms with Gasteiger partial charge >= 0.3 is 6.18 Å². The molecule has 3 aromatic heterocycles. The topological polar surface area (TPSA) is 85.6 Å². The van der Waals surface area contributed by atoms with Crippen LogP contribution in [0.2, 0.25) is 0 Å². The molecule has 1 aliphatic rings. The highest BCUT2D eigenvalue weighted by Crippen LogP contribution is 2.30. The molecule has 7 nitrogen and oxygen atoms in total. The fraction of sp³-hybridized carbons (Fsp3) is 0.389. The van der Waals surface area contributed by atoms with Crippen molar-refractivity contribution in [2.75, 3.05) is 13.1 Å². The number of aromatic nitrogens is 5. The van der Waals surface area contributed by atoms with Gasteiger partial charge in [0, 0.05) is 29.7 Å². The number of rotatable bonds is 3. The Labute approximate surface area is 157 Å². The molecule has 3 aromatic rings. The molecule has 0 spiro atoms. The van der Waals surface area contributed by atoms with Gasteiger partial charge in [-0.25, -0.2) is 15.0 Å².